The third-order valence-electron chi connectivity index (χ3n) is 3.37. The maximum Gasteiger partial charge on any atom is 0.277 e. The SMILES string of the molecule is Brc1cccc(-c2nnc(SCc3nnc(-c4ccccc4Br)o3)o2)c1. The van der Waals surface area contributed by atoms with Crippen molar-refractivity contribution in [1.29, 1.82) is 0 Å². The fraction of sp³-hybridized carbons (Fsp3) is 0.0588. The van der Waals surface area contributed by atoms with E-state index in [-0.39, 0.29) is 0 Å². The molecule has 0 amide bonds. The van der Waals surface area contributed by atoms with E-state index in [1.807, 2.05) is 48.5 Å². The molecule has 0 aliphatic carbocycles. The van der Waals surface area contributed by atoms with E-state index in [2.05, 4.69) is 52.3 Å². The quantitative estimate of drug-likeness (QED) is 0.334. The van der Waals surface area contributed by atoms with Gasteiger partial charge in [-0.15, -0.1) is 20.4 Å². The Morgan fingerprint density at radius 1 is 0.846 bits per heavy atom. The molecule has 0 aliphatic rings. The lowest BCUT2D eigenvalue weighted by atomic mass is 10.2. The summed E-state index contributed by atoms with van der Waals surface area (Å²) in [6.07, 6.45) is 0. The highest BCUT2D eigenvalue weighted by molar-refractivity contribution is 9.10. The molecule has 0 radical (unpaired) electrons. The molecule has 4 rings (SSSR count). The second kappa shape index (κ2) is 7.73. The molecule has 0 saturated carbocycles. The number of thioether (sulfide) groups is 1. The Bertz CT molecular complexity index is 1050. The van der Waals surface area contributed by atoms with E-state index in [9.17, 15) is 0 Å². The Morgan fingerprint density at radius 3 is 2.54 bits per heavy atom. The van der Waals surface area contributed by atoms with Gasteiger partial charge in [0.15, 0.2) is 0 Å². The summed E-state index contributed by atoms with van der Waals surface area (Å²) in [4.78, 5) is 0. The Labute approximate surface area is 169 Å². The van der Waals surface area contributed by atoms with Crippen LogP contribution in [-0.4, -0.2) is 20.4 Å². The smallest absolute Gasteiger partial charge is 0.277 e. The van der Waals surface area contributed by atoms with Crippen LogP contribution in [0.1, 0.15) is 5.89 Å². The molecule has 2 heterocycles. The van der Waals surface area contributed by atoms with Crippen molar-refractivity contribution >= 4 is 43.6 Å². The van der Waals surface area contributed by atoms with Gasteiger partial charge in [0.1, 0.15) is 0 Å². The van der Waals surface area contributed by atoms with E-state index in [4.69, 9.17) is 8.83 Å². The second-order valence-corrected chi connectivity index (χ2v) is 7.85. The molecule has 2 aromatic heterocycles. The monoisotopic (exact) mass is 492 g/mol. The highest BCUT2D eigenvalue weighted by atomic mass is 79.9. The van der Waals surface area contributed by atoms with Gasteiger partial charge >= 0.3 is 0 Å². The summed E-state index contributed by atoms with van der Waals surface area (Å²) in [6.45, 7) is 0. The summed E-state index contributed by atoms with van der Waals surface area (Å²) in [5.41, 5.74) is 1.71. The van der Waals surface area contributed by atoms with Crippen LogP contribution in [0.5, 0.6) is 0 Å². The predicted molar refractivity (Wildman–Crippen MR) is 104 cm³/mol. The van der Waals surface area contributed by atoms with Gasteiger partial charge in [-0.1, -0.05) is 45.9 Å². The van der Waals surface area contributed by atoms with E-state index in [0.717, 1.165) is 20.1 Å². The highest BCUT2D eigenvalue weighted by Gasteiger charge is 2.14. The van der Waals surface area contributed by atoms with Crippen molar-refractivity contribution in [1.82, 2.24) is 20.4 Å². The first-order valence-electron chi connectivity index (χ1n) is 7.48. The van der Waals surface area contributed by atoms with E-state index in [0.29, 0.717) is 28.6 Å². The van der Waals surface area contributed by atoms with Crippen LogP contribution in [0.3, 0.4) is 0 Å². The summed E-state index contributed by atoms with van der Waals surface area (Å²) < 4.78 is 13.2. The molecule has 0 spiro atoms. The number of hydrogen-bond acceptors (Lipinski definition) is 7. The van der Waals surface area contributed by atoms with Crippen LogP contribution in [0.2, 0.25) is 0 Å². The van der Waals surface area contributed by atoms with Crippen LogP contribution in [-0.2, 0) is 5.75 Å². The molecule has 0 N–H and O–H groups in total. The van der Waals surface area contributed by atoms with Crippen molar-refractivity contribution in [2.24, 2.45) is 0 Å². The minimum atomic E-state index is 0.442. The molecular formula is C17H10Br2N4O2S. The Hall–Kier alpha value is -1.97. The third-order valence-corrected chi connectivity index (χ3v) is 5.36. The molecule has 0 saturated heterocycles. The van der Waals surface area contributed by atoms with E-state index in [1.54, 1.807) is 0 Å². The normalized spacial score (nSPS) is 11.0. The van der Waals surface area contributed by atoms with Gasteiger partial charge in [-0.25, -0.2) is 0 Å². The second-order valence-electron chi connectivity index (χ2n) is 5.15. The number of hydrogen-bond donors (Lipinski definition) is 0. The van der Waals surface area contributed by atoms with Crippen LogP contribution < -0.4 is 0 Å². The Kier molecular flexibility index (Phi) is 5.18. The topological polar surface area (TPSA) is 77.8 Å². The Balaban J connectivity index is 1.45. The molecular weight excluding hydrogens is 484 g/mol. The first kappa shape index (κ1) is 17.4. The fourth-order valence-electron chi connectivity index (χ4n) is 2.19. The van der Waals surface area contributed by atoms with Crippen LogP contribution in [0.15, 0.2) is 71.5 Å². The molecule has 6 nitrogen and oxygen atoms in total. The number of benzene rings is 2. The first-order chi connectivity index (χ1) is 12.7. The van der Waals surface area contributed by atoms with Crippen molar-refractivity contribution < 1.29 is 8.83 Å². The van der Waals surface area contributed by atoms with Crippen molar-refractivity contribution in [3.8, 4) is 22.9 Å². The average molecular weight is 494 g/mol. The lowest BCUT2D eigenvalue weighted by Gasteiger charge is -1.97. The molecule has 130 valence electrons. The lowest BCUT2D eigenvalue weighted by Crippen LogP contribution is -1.80. The van der Waals surface area contributed by atoms with Crippen molar-refractivity contribution in [2.75, 3.05) is 0 Å². The highest BCUT2D eigenvalue weighted by Crippen LogP contribution is 2.29. The molecule has 9 heteroatoms. The van der Waals surface area contributed by atoms with Gasteiger partial charge in [0.05, 0.1) is 11.3 Å². The molecule has 0 bridgehead atoms. The summed E-state index contributed by atoms with van der Waals surface area (Å²) in [5, 5.41) is 16.7. The van der Waals surface area contributed by atoms with E-state index < -0.39 is 0 Å². The zero-order valence-electron chi connectivity index (χ0n) is 13.1. The van der Waals surface area contributed by atoms with Crippen LogP contribution in [0.4, 0.5) is 0 Å². The van der Waals surface area contributed by atoms with Gasteiger partial charge in [0.25, 0.3) is 5.22 Å². The maximum absolute atomic E-state index is 5.71. The molecule has 0 aliphatic heterocycles. The zero-order valence-corrected chi connectivity index (χ0v) is 17.1. The zero-order chi connectivity index (χ0) is 17.9. The van der Waals surface area contributed by atoms with Crippen LogP contribution in [0.25, 0.3) is 22.9 Å². The number of aromatic nitrogens is 4. The fourth-order valence-corrected chi connectivity index (χ4v) is 3.64. The summed E-state index contributed by atoms with van der Waals surface area (Å²) in [5.74, 6) is 1.86. The van der Waals surface area contributed by atoms with E-state index in [1.165, 1.54) is 11.8 Å². The standard InChI is InChI=1S/C17H10Br2N4O2S/c18-11-5-3-4-10(8-11)15-21-23-17(25-15)26-9-14-20-22-16(24-14)12-6-1-2-7-13(12)19/h1-8H,9H2. The number of nitrogens with zero attached hydrogens (tertiary/aromatic N) is 4. The maximum atomic E-state index is 5.71. The average Bonchev–Trinajstić information content (AvgIpc) is 3.30. The third kappa shape index (κ3) is 3.89. The molecule has 4 aromatic rings. The molecule has 0 fully saturated rings. The summed E-state index contributed by atoms with van der Waals surface area (Å²) >= 11 is 8.25. The number of rotatable bonds is 5. The minimum absolute atomic E-state index is 0.442. The van der Waals surface area contributed by atoms with Crippen molar-refractivity contribution in [2.45, 2.75) is 11.0 Å². The molecule has 26 heavy (non-hydrogen) atoms. The first-order valence-corrected chi connectivity index (χ1v) is 10.1. The van der Waals surface area contributed by atoms with Gasteiger partial charge in [0, 0.05) is 14.5 Å². The molecule has 0 atom stereocenters. The Morgan fingerprint density at radius 2 is 1.69 bits per heavy atom. The van der Waals surface area contributed by atoms with Gasteiger partial charge in [-0.2, -0.15) is 0 Å². The van der Waals surface area contributed by atoms with Gasteiger partial charge in [-0.3, -0.25) is 0 Å². The minimum Gasteiger partial charge on any atom is -0.420 e. The predicted octanol–water partition coefficient (Wildman–Crippen LogP) is 5.60. The van der Waals surface area contributed by atoms with Gasteiger partial charge < -0.3 is 8.83 Å². The molecule has 2 aromatic carbocycles. The van der Waals surface area contributed by atoms with Gasteiger partial charge in [0.2, 0.25) is 17.7 Å². The summed E-state index contributed by atoms with van der Waals surface area (Å²) in [7, 11) is 0. The van der Waals surface area contributed by atoms with Crippen molar-refractivity contribution in [3.05, 3.63) is 63.4 Å². The van der Waals surface area contributed by atoms with Crippen LogP contribution in [0, 0.1) is 0 Å². The van der Waals surface area contributed by atoms with Crippen LogP contribution >= 0.6 is 43.6 Å². The van der Waals surface area contributed by atoms with Gasteiger partial charge in [-0.05, 0) is 46.3 Å². The largest absolute Gasteiger partial charge is 0.420 e. The molecule has 0 unspecified atom stereocenters. The van der Waals surface area contributed by atoms with Crippen molar-refractivity contribution in [3.63, 3.8) is 0 Å². The number of halogens is 2. The summed E-state index contributed by atoms with van der Waals surface area (Å²) in [6, 6.07) is 15.4. The van der Waals surface area contributed by atoms with E-state index >= 15 is 0 Å². The lowest BCUT2D eigenvalue weighted by molar-refractivity contribution is 0.464.